The van der Waals surface area contributed by atoms with E-state index in [0.717, 1.165) is 25.0 Å². The van der Waals surface area contributed by atoms with Crippen molar-refractivity contribution in [2.45, 2.75) is 51.5 Å². The van der Waals surface area contributed by atoms with Gasteiger partial charge in [-0.25, -0.2) is 8.42 Å². The summed E-state index contributed by atoms with van der Waals surface area (Å²) in [6.45, 7) is 2.90. The van der Waals surface area contributed by atoms with Crippen molar-refractivity contribution in [2.75, 3.05) is 18.6 Å². The van der Waals surface area contributed by atoms with Crippen molar-refractivity contribution in [2.24, 2.45) is 17.6 Å². The number of carbonyl (C=O) groups excluding carboxylic acids is 1. The molecule has 0 spiro atoms. The number of nitrogens with two attached hydrogens (primary N) is 1. The van der Waals surface area contributed by atoms with Gasteiger partial charge in [-0.15, -0.1) is 0 Å². The molecule has 0 radical (unpaired) electrons. The highest BCUT2D eigenvalue weighted by molar-refractivity contribution is 7.90. The first-order valence-corrected chi connectivity index (χ1v) is 9.59. The zero-order valence-electron chi connectivity index (χ0n) is 12.6. The van der Waals surface area contributed by atoms with Crippen molar-refractivity contribution in [1.29, 1.82) is 0 Å². The molecule has 1 amide bonds. The minimum absolute atomic E-state index is 0.0385. The van der Waals surface area contributed by atoms with Crippen LogP contribution in [-0.4, -0.2) is 38.9 Å². The first kappa shape index (κ1) is 17.4. The van der Waals surface area contributed by atoms with E-state index >= 15 is 0 Å². The first-order chi connectivity index (χ1) is 9.31. The quantitative estimate of drug-likeness (QED) is 0.736. The molecule has 0 heterocycles. The first-order valence-electron chi connectivity index (χ1n) is 7.52. The molecule has 3 N–H and O–H groups in total. The van der Waals surface area contributed by atoms with Crippen molar-refractivity contribution in [3.05, 3.63) is 0 Å². The topological polar surface area (TPSA) is 89.3 Å². The minimum Gasteiger partial charge on any atom is -0.354 e. The Hall–Kier alpha value is -0.620. The van der Waals surface area contributed by atoms with E-state index in [0.29, 0.717) is 12.5 Å². The van der Waals surface area contributed by atoms with E-state index in [2.05, 4.69) is 12.2 Å². The molecule has 0 aliphatic heterocycles. The molecule has 0 aromatic rings. The standard InChI is InChI=1S/C14H28N2O3S/c1-3-11-4-6-12(7-5-11)10-16-14(17)13(15)8-9-20(2,18)19/h11-13H,3-10,15H2,1-2H3,(H,16,17). The monoisotopic (exact) mass is 304 g/mol. The Morgan fingerprint density at radius 1 is 1.25 bits per heavy atom. The van der Waals surface area contributed by atoms with Gasteiger partial charge in [0.25, 0.3) is 0 Å². The fourth-order valence-electron chi connectivity index (χ4n) is 2.69. The van der Waals surface area contributed by atoms with Crippen LogP contribution in [0.2, 0.25) is 0 Å². The van der Waals surface area contributed by atoms with Gasteiger partial charge in [-0.3, -0.25) is 4.79 Å². The molecular weight excluding hydrogens is 276 g/mol. The van der Waals surface area contributed by atoms with E-state index in [9.17, 15) is 13.2 Å². The zero-order valence-corrected chi connectivity index (χ0v) is 13.4. The number of carbonyl (C=O) groups is 1. The fourth-order valence-corrected chi connectivity index (χ4v) is 3.37. The van der Waals surface area contributed by atoms with Crippen molar-refractivity contribution in [1.82, 2.24) is 5.32 Å². The molecule has 0 aromatic heterocycles. The number of nitrogens with one attached hydrogen (secondary N) is 1. The molecule has 6 heteroatoms. The molecule has 5 nitrogen and oxygen atoms in total. The summed E-state index contributed by atoms with van der Waals surface area (Å²) in [6.07, 6.45) is 7.41. The van der Waals surface area contributed by atoms with E-state index < -0.39 is 15.9 Å². The maximum atomic E-state index is 11.8. The highest BCUT2D eigenvalue weighted by Crippen LogP contribution is 2.30. The second-order valence-corrected chi connectivity index (χ2v) is 8.32. The Morgan fingerprint density at radius 3 is 2.30 bits per heavy atom. The van der Waals surface area contributed by atoms with Crippen LogP contribution in [0.15, 0.2) is 0 Å². The summed E-state index contributed by atoms with van der Waals surface area (Å²) < 4.78 is 22.1. The SMILES string of the molecule is CCC1CCC(CNC(=O)C(N)CCS(C)(=O)=O)CC1. The average molecular weight is 304 g/mol. The summed E-state index contributed by atoms with van der Waals surface area (Å²) in [4.78, 5) is 11.8. The van der Waals surface area contributed by atoms with Gasteiger partial charge in [-0.1, -0.05) is 26.2 Å². The fraction of sp³-hybridized carbons (Fsp3) is 0.929. The third-order valence-corrected chi connectivity index (χ3v) is 5.22. The molecule has 1 rings (SSSR count). The van der Waals surface area contributed by atoms with Gasteiger partial charge in [-0.05, 0) is 31.1 Å². The molecule has 1 fully saturated rings. The normalized spacial score (nSPS) is 25.1. The van der Waals surface area contributed by atoms with E-state index in [1.165, 1.54) is 19.3 Å². The Bertz CT molecular complexity index is 401. The molecule has 1 atom stereocenters. The van der Waals surface area contributed by atoms with E-state index in [4.69, 9.17) is 5.73 Å². The lowest BCUT2D eigenvalue weighted by Crippen LogP contribution is -2.43. The van der Waals surface area contributed by atoms with Gasteiger partial charge in [0.1, 0.15) is 9.84 Å². The summed E-state index contributed by atoms with van der Waals surface area (Å²) >= 11 is 0. The third-order valence-electron chi connectivity index (χ3n) is 4.25. The molecule has 1 aliphatic rings. The second kappa shape index (κ2) is 7.98. The van der Waals surface area contributed by atoms with Gasteiger partial charge in [0.15, 0.2) is 0 Å². The lowest BCUT2D eigenvalue weighted by molar-refractivity contribution is -0.122. The van der Waals surface area contributed by atoms with E-state index in [1.54, 1.807) is 0 Å². The van der Waals surface area contributed by atoms with Crippen LogP contribution >= 0.6 is 0 Å². The molecule has 118 valence electrons. The number of hydrogen-bond acceptors (Lipinski definition) is 4. The Kier molecular flexibility index (Phi) is 6.95. The van der Waals surface area contributed by atoms with E-state index in [-0.39, 0.29) is 18.1 Å². The molecule has 0 aromatic carbocycles. The third kappa shape index (κ3) is 6.70. The largest absolute Gasteiger partial charge is 0.354 e. The van der Waals surface area contributed by atoms with Crippen LogP contribution in [-0.2, 0) is 14.6 Å². The van der Waals surface area contributed by atoms with Crippen molar-refractivity contribution >= 4 is 15.7 Å². The summed E-state index contributed by atoms with van der Waals surface area (Å²) in [6, 6.07) is -0.725. The Morgan fingerprint density at radius 2 is 1.80 bits per heavy atom. The molecule has 1 aliphatic carbocycles. The van der Waals surface area contributed by atoms with Crippen molar-refractivity contribution in [3.63, 3.8) is 0 Å². The molecule has 0 bridgehead atoms. The van der Waals surface area contributed by atoms with Gasteiger partial charge < -0.3 is 11.1 Å². The van der Waals surface area contributed by atoms with Crippen molar-refractivity contribution < 1.29 is 13.2 Å². The maximum Gasteiger partial charge on any atom is 0.236 e. The van der Waals surface area contributed by atoms with Crippen LogP contribution in [0, 0.1) is 11.8 Å². The number of rotatable bonds is 7. The number of sulfone groups is 1. The molecule has 1 unspecified atom stereocenters. The van der Waals surface area contributed by atoms with Gasteiger partial charge in [0.05, 0.1) is 11.8 Å². The predicted molar refractivity (Wildman–Crippen MR) is 81.1 cm³/mol. The average Bonchev–Trinajstić information content (AvgIpc) is 2.41. The second-order valence-electron chi connectivity index (χ2n) is 6.07. The number of amides is 1. The Balaban J connectivity index is 2.22. The highest BCUT2D eigenvalue weighted by Gasteiger charge is 2.21. The molecule has 0 saturated heterocycles. The highest BCUT2D eigenvalue weighted by atomic mass is 32.2. The van der Waals surface area contributed by atoms with E-state index in [1.807, 2.05) is 0 Å². The molecular formula is C14H28N2O3S. The zero-order chi connectivity index (χ0) is 15.2. The van der Waals surface area contributed by atoms with Gasteiger partial charge >= 0.3 is 0 Å². The minimum atomic E-state index is -3.06. The molecule has 1 saturated carbocycles. The van der Waals surface area contributed by atoms with Crippen LogP contribution < -0.4 is 11.1 Å². The summed E-state index contributed by atoms with van der Waals surface area (Å²) in [7, 11) is -3.06. The smallest absolute Gasteiger partial charge is 0.236 e. The summed E-state index contributed by atoms with van der Waals surface area (Å²) in [5.74, 6) is 1.12. The van der Waals surface area contributed by atoms with Crippen LogP contribution in [0.25, 0.3) is 0 Å². The lowest BCUT2D eigenvalue weighted by Gasteiger charge is -2.28. The number of hydrogen-bond donors (Lipinski definition) is 2. The Labute approximate surface area is 122 Å². The van der Waals surface area contributed by atoms with Crippen molar-refractivity contribution in [3.8, 4) is 0 Å². The van der Waals surface area contributed by atoms with Gasteiger partial charge in [-0.2, -0.15) is 0 Å². The van der Waals surface area contributed by atoms with Crippen LogP contribution in [0.4, 0.5) is 0 Å². The summed E-state index contributed by atoms with van der Waals surface area (Å²) in [5, 5.41) is 2.86. The molecule has 20 heavy (non-hydrogen) atoms. The van der Waals surface area contributed by atoms with Crippen LogP contribution in [0.1, 0.15) is 45.4 Å². The van der Waals surface area contributed by atoms with Crippen LogP contribution in [0.5, 0.6) is 0 Å². The summed E-state index contributed by atoms with van der Waals surface area (Å²) in [5.41, 5.74) is 5.71. The predicted octanol–water partition coefficient (Wildman–Crippen LogP) is 1.08. The van der Waals surface area contributed by atoms with Gasteiger partial charge in [0.2, 0.25) is 5.91 Å². The lowest BCUT2D eigenvalue weighted by atomic mass is 9.81. The van der Waals surface area contributed by atoms with Crippen LogP contribution in [0.3, 0.4) is 0 Å². The van der Waals surface area contributed by atoms with Gasteiger partial charge in [0, 0.05) is 12.8 Å². The maximum absolute atomic E-state index is 11.8.